The van der Waals surface area contributed by atoms with Gasteiger partial charge in [-0.15, -0.1) is 0 Å². The number of hydrogen-bond donors (Lipinski definition) is 2. The number of likely N-dealkylation sites (tertiary alicyclic amines) is 1. The van der Waals surface area contributed by atoms with E-state index in [0.717, 1.165) is 4.90 Å². The summed E-state index contributed by atoms with van der Waals surface area (Å²) in [5.74, 6) is -7.42. The van der Waals surface area contributed by atoms with Crippen molar-refractivity contribution in [3.63, 3.8) is 0 Å². The largest absolute Gasteiger partial charge is 0.502 e. The van der Waals surface area contributed by atoms with Crippen LogP contribution in [-0.4, -0.2) is 64.9 Å². The molecule has 3 fully saturated rings. The topological polar surface area (TPSA) is 138 Å². The number of aromatic hydroxyl groups is 1. The summed E-state index contributed by atoms with van der Waals surface area (Å²) in [6.45, 7) is 0. The van der Waals surface area contributed by atoms with Gasteiger partial charge >= 0.3 is 6.18 Å². The number of carbonyl (C=O) groups excluding carboxylic acids is 4. The van der Waals surface area contributed by atoms with Crippen molar-refractivity contribution in [2.24, 2.45) is 23.7 Å². The molecule has 2 aliphatic heterocycles. The van der Waals surface area contributed by atoms with Crippen molar-refractivity contribution in [3.8, 4) is 17.2 Å². The molecule has 1 saturated carbocycles. The number of carbonyl (C=O) groups is 4. The van der Waals surface area contributed by atoms with Crippen LogP contribution in [0.3, 0.4) is 0 Å². The lowest BCUT2D eigenvalue weighted by Crippen LogP contribution is -2.53. The highest BCUT2D eigenvalue weighted by Crippen LogP contribution is 2.64. The number of hydrazine groups is 1. The van der Waals surface area contributed by atoms with E-state index in [1.165, 1.54) is 33.4 Å². The van der Waals surface area contributed by atoms with Crippen LogP contribution in [0.15, 0.2) is 60.3 Å². The Hall–Kier alpha value is -4.82. The monoisotopic (exact) mass is 744 g/mol. The van der Waals surface area contributed by atoms with E-state index >= 15 is 4.79 Å². The predicted octanol–water partition coefficient (Wildman–Crippen LogP) is 5.74. The first kappa shape index (κ1) is 34.6. The number of rotatable bonds is 6. The molecule has 0 spiro atoms. The second kappa shape index (κ2) is 12.2. The van der Waals surface area contributed by atoms with Crippen LogP contribution in [0.4, 0.5) is 19.0 Å². The van der Waals surface area contributed by atoms with E-state index in [2.05, 4.69) is 10.4 Å². The van der Waals surface area contributed by atoms with E-state index < -0.39 is 69.5 Å². The van der Waals surface area contributed by atoms with Gasteiger partial charge in [0, 0.05) is 24.2 Å². The molecule has 2 N–H and O–H groups in total. The predicted molar refractivity (Wildman–Crippen MR) is 176 cm³/mol. The number of imide groups is 2. The highest BCUT2D eigenvalue weighted by molar-refractivity contribution is 6.33. The molecule has 266 valence electrons. The Morgan fingerprint density at radius 2 is 1.61 bits per heavy atom. The minimum atomic E-state index is -4.75. The van der Waals surface area contributed by atoms with Crippen molar-refractivity contribution < 1.29 is 46.9 Å². The maximum Gasteiger partial charge on any atom is 0.417 e. The van der Waals surface area contributed by atoms with Crippen LogP contribution < -0.4 is 14.9 Å². The number of phenols is 1. The number of alkyl halides is 3. The van der Waals surface area contributed by atoms with Crippen LogP contribution >= 0.6 is 23.2 Å². The Morgan fingerprint density at radius 3 is 2.20 bits per heavy atom. The van der Waals surface area contributed by atoms with Crippen molar-refractivity contribution in [2.75, 3.05) is 26.7 Å². The van der Waals surface area contributed by atoms with Crippen molar-refractivity contribution in [1.29, 1.82) is 0 Å². The molecular formula is C35H29Cl2F3N4O7. The molecule has 2 saturated heterocycles. The zero-order valence-corrected chi connectivity index (χ0v) is 28.6. The van der Waals surface area contributed by atoms with E-state index in [0.29, 0.717) is 39.0 Å². The SMILES string of the molecule is COc1cc(C2C3=CCC4C(=O)N(C)C(=O)C4C3CC3C(=O)N(Nc4ncc(C(F)(F)F)cc4Cl)C(=O)C32c2ccc(Cl)cc2)cc(OC)c1O. The number of amides is 4. The van der Waals surface area contributed by atoms with Crippen molar-refractivity contribution in [3.05, 3.63) is 87.0 Å². The molecule has 0 bridgehead atoms. The zero-order chi connectivity index (χ0) is 36.7. The van der Waals surface area contributed by atoms with Crippen LogP contribution in [0.5, 0.6) is 17.2 Å². The number of benzene rings is 2. The lowest BCUT2D eigenvalue weighted by atomic mass is 9.49. The second-order valence-corrected chi connectivity index (χ2v) is 13.8. The lowest BCUT2D eigenvalue weighted by molar-refractivity contribution is -0.140. The fourth-order valence-corrected chi connectivity index (χ4v) is 8.73. The number of anilines is 1. The average Bonchev–Trinajstić information content (AvgIpc) is 3.45. The number of methoxy groups -OCH3 is 2. The number of nitrogens with one attached hydrogen (secondary N) is 1. The Balaban J connectivity index is 1.48. The van der Waals surface area contributed by atoms with Crippen molar-refractivity contribution >= 4 is 52.6 Å². The van der Waals surface area contributed by atoms with Crippen LogP contribution in [0, 0.1) is 23.7 Å². The van der Waals surface area contributed by atoms with Crippen LogP contribution in [0.2, 0.25) is 10.0 Å². The van der Waals surface area contributed by atoms with Crippen LogP contribution in [-0.2, 0) is 30.8 Å². The summed E-state index contributed by atoms with van der Waals surface area (Å²) in [7, 11) is 4.08. The molecular weight excluding hydrogens is 716 g/mol. The number of halogens is 5. The zero-order valence-electron chi connectivity index (χ0n) is 27.1. The number of ether oxygens (including phenoxy) is 2. The molecule has 4 amide bonds. The van der Waals surface area contributed by atoms with Gasteiger partial charge in [-0.1, -0.05) is 47.0 Å². The van der Waals surface area contributed by atoms with Gasteiger partial charge < -0.3 is 14.6 Å². The fourth-order valence-electron chi connectivity index (χ4n) is 8.40. The van der Waals surface area contributed by atoms with Crippen LogP contribution in [0.1, 0.15) is 35.4 Å². The van der Waals surface area contributed by atoms with E-state index in [1.54, 1.807) is 24.3 Å². The first-order chi connectivity index (χ1) is 24.1. The second-order valence-electron chi connectivity index (χ2n) is 12.9. The van der Waals surface area contributed by atoms with E-state index in [1.807, 2.05) is 6.08 Å². The molecule has 16 heteroatoms. The molecule has 11 nitrogen and oxygen atoms in total. The van der Waals surface area contributed by atoms with Gasteiger partial charge in [-0.2, -0.15) is 18.2 Å². The molecule has 3 heterocycles. The summed E-state index contributed by atoms with van der Waals surface area (Å²) in [6.07, 6.45) is -2.25. The molecule has 1 aromatic heterocycles. The van der Waals surface area contributed by atoms with Gasteiger partial charge in [0.25, 0.3) is 11.8 Å². The Bertz CT molecular complexity index is 2020. The number of nitrogens with zero attached hydrogens (tertiary/aromatic N) is 3. The van der Waals surface area contributed by atoms with Gasteiger partial charge in [-0.25, -0.2) is 4.98 Å². The first-order valence-electron chi connectivity index (χ1n) is 15.7. The van der Waals surface area contributed by atoms with E-state index in [4.69, 9.17) is 32.7 Å². The molecule has 6 unspecified atom stereocenters. The smallest absolute Gasteiger partial charge is 0.417 e. The third kappa shape index (κ3) is 5.05. The summed E-state index contributed by atoms with van der Waals surface area (Å²) in [5.41, 5.74) is 1.05. The van der Waals surface area contributed by atoms with E-state index in [-0.39, 0.29) is 41.8 Å². The van der Waals surface area contributed by atoms with E-state index in [9.17, 15) is 32.7 Å². The number of pyridine rings is 1. The van der Waals surface area contributed by atoms with Crippen LogP contribution in [0.25, 0.3) is 0 Å². The van der Waals surface area contributed by atoms with Gasteiger partial charge in [-0.3, -0.25) is 29.5 Å². The Kier molecular flexibility index (Phi) is 8.25. The van der Waals surface area contributed by atoms with Gasteiger partial charge in [0.15, 0.2) is 17.3 Å². The quantitative estimate of drug-likeness (QED) is 0.239. The van der Waals surface area contributed by atoms with Gasteiger partial charge in [0.1, 0.15) is 0 Å². The molecule has 0 radical (unpaired) electrons. The molecule has 51 heavy (non-hydrogen) atoms. The normalized spacial score (nSPS) is 27.2. The molecule has 2 aliphatic carbocycles. The number of allylic oxidation sites excluding steroid dienone is 2. The third-order valence-electron chi connectivity index (χ3n) is 10.6. The molecule has 6 atom stereocenters. The number of aromatic nitrogens is 1. The standard InChI is InChI=1S/C35H29Cl2F3N4O7/c1-43-30(46)20-9-8-19-21(26(20)32(43)48)13-22-31(47)44(42-29-23(37)12-17(14-41-29)35(38,39)40)33(49)34(22,16-4-6-18(36)7-5-16)27(19)15-10-24(50-2)28(45)25(11-15)51-3/h4-8,10-12,14,20-22,26-27,45H,9,13H2,1-3H3,(H,41,42). The molecule has 7 rings (SSSR count). The Labute approximate surface area is 298 Å². The summed E-state index contributed by atoms with van der Waals surface area (Å²) in [4.78, 5) is 61.6. The number of phenolic OH excluding ortho intramolecular Hbond substituents is 1. The average molecular weight is 746 g/mol. The van der Waals surface area contributed by atoms with Gasteiger partial charge in [-0.05, 0) is 60.2 Å². The highest BCUT2D eigenvalue weighted by atomic mass is 35.5. The summed E-state index contributed by atoms with van der Waals surface area (Å²) in [6, 6.07) is 10.0. The van der Waals surface area contributed by atoms with Crippen molar-refractivity contribution in [2.45, 2.75) is 30.4 Å². The highest BCUT2D eigenvalue weighted by Gasteiger charge is 2.70. The maximum atomic E-state index is 15.2. The van der Waals surface area contributed by atoms with Gasteiger partial charge in [0.05, 0.1) is 48.0 Å². The fraction of sp³-hybridized carbons (Fsp3) is 0.343. The minimum absolute atomic E-state index is 0.00269. The number of hydrogen-bond acceptors (Lipinski definition) is 9. The maximum absolute atomic E-state index is 15.2. The third-order valence-corrected chi connectivity index (χ3v) is 11.2. The summed E-state index contributed by atoms with van der Waals surface area (Å²) in [5, 5.41) is 11.4. The van der Waals surface area contributed by atoms with Gasteiger partial charge in [0.2, 0.25) is 17.6 Å². The molecule has 2 aromatic carbocycles. The lowest BCUT2D eigenvalue weighted by Gasteiger charge is -2.50. The molecule has 3 aromatic rings. The minimum Gasteiger partial charge on any atom is -0.502 e. The summed E-state index contributed by atoms with van der Waals surface area (Å²) < 4.78 is 51.2. The molecule has 4 aliphatic rings. The first-order valence-corrected chi connectivity index (χ1v) is 16.5. The Morgan fingerprint density at radius 1 is 0.961 bits per heavy atom. The number of fused-ring (bicyclic) bond motifs is 4. The summed E-state index contributed by atoms with van der Waals surface area (Å²) >= 11 is 12.5. The van der Waals surface area contributed by atoms with Crippen molar-refractivity contribution in [1.82, 2.24) is 14.9 Å².